The van der Waals surface area contributed by atoms with Gasteiger partial charge in [0.2, 0.25) is 0 Å². The maximum absolute atomic E-state index is 9.87. The highest BCUT2D eigenvalue weighted by atomic mass is 31.2. The normalized spacial score (nSPS) is 16.9. The lowest BCUT2D eigenvalue weighted by atomic mass is 9.62. The summed E-state index contributed by atoms with van der Waals surface area (Å²) >= 11 is 0. The Morgan fingerprint density at radius 2 is 1.47 bits per heavy atom. The van der Waals surface area contributed by atoms with Crippen LogP contribution in [0.1, 0.15) is 93.5 Å². The second-order valence-corrected chi connectivity index (χ2v) is 11.4. The first-order chi connectivity index (χ1) is 16.2. The van der Waals surface area contributed by atoms with Crippen LogP contribution < -0.4 is 4.52 Å². The predicted octanol–water partition coefficient (Wildman–Crippen LogP) is 7.98. The molecule has 0 heterocycles. The van der Waals surface area contributed by atoms with Gasteiger partial charge in [0.1, 0.15) is 5.75 Å². The molecule has 1 atom stereocenters. The van der Waals surface area contributed by atoms with E-state index in [0.29, 0.717) is 5.75 Å². The van der Waals surface area contributed by atoms with Crippen molar-refractivity contribution in [3.05, 3.63) is 101 Å². The molecular weight excluding hydrogens is 439 g/mol. The molecule has 1 aliphatic rings. The molecule has 0 aromatic heterocycles. The standard InChI is InChI=1S/C30H37O3P/c1-22(23-13-7-5-8-14-23)25-15-9-10-16-26(25)30(19-11-6-12-20-30)27-18-17-24(29(2,3)4)21-28(27)33-34(31)32/h5,7-10,13-18,21-22,31-32H,6,11-12,19-20H2,1-4H3. The first-order valence-electron chi connectivity index (χ1n) is 12.4. The molecule has 0 amide bonds. The zero-order valence-electron chi connectivity index (χ0n) is 20.8. The molecule has 0 radical (unpaired) electrons. The Labute approximate surface area is 205 Å². The van der Waals surface area contributed by atoms with Crippen LogP contribution in [0.2, 0.25) is 0 Å². The van der Waals surface area contributed by atoms with Crippen LogP contribution in [0.25, 0.3) is 0 Å². The summed E-state index contributed by atoms with van der Waals surface area (Å²) in [5.41, 5.74) is 5.87. The van der Waals surface area contributed by atoms with Gasteiger partial charge >= 0.3 is 8.60 Å². The largest absolute Gasteiger partial charge is 0.427 e. The van der Waals surface area contributed by atoms with Crippen LogP contribution in [0.3, 0.4) is 0 Å². The van der Waals surface area contributed by atoms with Gasteiger partial charge in [-0.2, -0.15) is 0 Å². The minimum absolute atomic E-state index is 0.0657. The van der Waals surface area contributed by atoms with Gasteiger partial charge in [-0.25, -0.2) is 0 Å². The molecule has 1 unspecified atom stereocenters. The van der Waals surface area contributed by atoms with Crippen LogP contribution in [0.15, 0.2) is 72.8 Å². The van der Waals surface area contributed by atoms with E-state index in [0.717, 1.165) is 36.8 Å². The third kappa shape index (κ3) is 5.08. The van der Waals surface area contributed by atoms with Crippen molar-refractivity contribution in [2.24, 2.45) is 0 Å². The molecule has 1 saturated carbocycles. The molecular formula is C30H37O3P. The topological polar surface area (TPSA) is 49.7 Å². The zero-order valence-corrected chi connectivity index (χ0v) is 21.7. The Hall–Kier alpha value is -2.19. The minimum Gasteiger partial charge on any atom is -0.427 e. The van der Waals surface area contributed by atoms with E-state index in [1.54, 1.807) is 0 Å². The van der Waals surface area contributed by atoms with Gasteiger partial charge in [-0.1, -0.05) is 114 Å². The number of hydrogen-bond acceptors (Lipinski definition) is 3. The molecule has 3 nitrogen and oxygen atoms in total. The zero-order chi connectivity index (χ0) is 24.3. The van der Waals surface area contributed by atoms with Crippen LogP contribution in [-0.2, 0) is 10.8 Å². The van der Waals surface area contributed by atoms with E-state index in [4.69, 9.17) is 4.52 Å². The Morgan fingerprint density at radius 1 is 0.824 bits per heavy atom. The average Bonchev–Trinajstić information content (AvgIpc) is 2.83. The summed E-state index contributed by atoms with van der Waals surface area (Å²) in [6.45, 7) is 8.78. The summed E-state index contributed by atoms with van der Waals surface area (Å²) in [5, 5.41) is 0. The minimum atomic E-state index is -2.51. The van der Waals surface area contributed by atoms with Crippen molar-refractivity contribution in [2.75, 3.05) is 0 Å². The van der Waals surface area contributed by atoms with Crippen molar-refractivity contribution in [3.8, 4) is 5.75 Å². The predicted molar refractivity (Wildman–Crippen MR) is 141 cm³/mol. The molecule has 3 aromatic rings. The van der Waals surface area contributed by atoms with Crippen molar-refractivity contribution >= 4 is 8.60 Å². The molecule has 1 aliphatic carbocycles. The van der Waals surface area contributed by atoms with E-state index in [1.807, 2.05) is 6.07 Å². The van der Waals surface area contributed by atoms with E-state index >= 15 is 0 Å². The lowest BCUT2D eigenvalue weighted by Gasteiger charge is -2.41. The summed E-state index contributed by atoms with van der Waals surface area (Å²) in [4.78, 5) is 19.7. The summed E-state index contributed by atoms with van der Waals surface area (Å²) in [6.07, 6.45) is 5.54. The van der Waals surface area contributed by atoms with Crippen molar-refractivity contribution in [3.63, 3.8) is 0 Å². The van der Waals surface area contributed by atoms with E-state index in [-0.39, 0.29) is 16.7 Å². The molecule has 0 spiro atoms. The fourth-order valence-corrected chi connectivity index (χ4v) is 5.95. The lowest BCUT2D eigenvalue weighted by molar-refractivity contribution is 0.327. The average molecular weight is 477 g/mol. The highest BCUT2D eigenvalue weighted by molar-refractivity contribution is 7.39. The summed E-state index contributed by atoms with van der Waals surface area (Å²) in [5.74, 6) is 0.856. The monoisotopic (exact) mass is 476 g/mol. The van der Waals surface area contributed by atoms with Gasteiger partial charge in [-0.3, -0.25) is 0 Å². The van der Waals surface area contributed by atoms with Crippen LogP contribution in [-0.4, -0.2) is 9.79 Å². The molecule has 180 valence electrons. The highest BCUT2D eigenvalue weighted by Gasteiger charge is 2.40. The smallest absolute Gasteiger partial charge is 0.391 e. The molecule has 1 fully saturated rings. The van der Waals surface area contributed by atoms with Crippen molar-refractivity contribution in [1.29, 1.82) is 0 Å². The van der Waals surface area contributed by atoms with E-state index in [1.165, 1.54) is 23.1 Å². The first kappa shape index (κ1) is 24.9. The SMILES string of the molecule is CC(c1ccccc1)c1ccccc1C1(c2ccc(C(C)(C)C)cc2OP(O)O)CCCCC1. The molecule has 4 heteroatoms. The summed E-state index contributed by atoms with van der Waals surface area (Å²) in [6, 6.07) is 25.9. The maximum Gasteiger partial charge on any atom is 0.391 e. The van der Waals surface area contributed by atoms with E-state index < -0.39 is 8.60 Å². The van der Waals surface area contributed by atoms with Gasteiger partial charge in [0.25, 0.3) is 0 Å². The highest BCUT2D eigenvalue weighted by Crippen LogP contribution is 2.52. The molecule has 0 bridgehead atoms. The molecule has 0 saturated heterocycles. The Morgan fingerprint density at radius 3 is 2.12 bits per heavy atom. The number of rotatable bonds is 6. The van der Waals surface area contributed by atoms with Gasteiger partial charge in [0.15, 0.2) is 0 Å². The quantitative estimate of drug-likeness (QED) is 0.355. The van der Waals surface area contributed by atoms with E-state index in [2.05, 4.69) is 94.4 Å². The van der Waals surface area contributed by atoms with Crippen molar-refractivity contribution in [1.82, 2.24) is 0 Å². The first-order valence-corrected chi connectivity index (χ1v) is 13.5. The van der Waals surface area contributed by atoms with Gasteiger partial charge in [-0.05, 0) is 46.6 Å². The number of benzene rings is 3. The van der Waals surface area contributed by atoms with Gasteiger partial charge < -0.3 is 14.3 Å². The van der Waals surface area contributed by atoms with Gasteiger partial charge in [-0.15, -0.1) is 0 Å². The molecule has 4 rings (SSSR count). The molecule has 2 N–H and O–H groups in total. The summed E-state index contributed by atoms with van der Waals surface area (Å²) < 4.78 is 5.74. The van der Waals surface area contributed by atoms with Gasteiger partial charge in [0, 0.05) is 16.9 Å². The fourth-order valence-electron chi connectivity index (χ4n) is 5.62. The second-order valence-electron chi connectivity index (χ2n) is 10.7. The van der Waals surface area contributed by atoms with Gasteiger partial charge in [0.05, 0.1) is 0 Å². The lowest BCUT2D eigenvalue weighted by Crippen LogP contribution is -2.32. The van der Waals surface area contributed by atoms with Crippen LogP contribution >= 0.6 is 8.60 Å². The summed E-state index contributed by atoms with van der Waals surface area (Å²) in [7, 11) is -2.51. The van der Waals surface area contributed by atoms with Crippen molar-refractivity contribution in [2.45, 2.75) is 76.5 Å². The fraction of sp³-hybridized carbons (Fsp3) is 0.400. The van der Waals surface area contributed by atoms with Crippen LogP contribution in [0, 0.1) is 0 Å². The maximum atomic E-state index is 9.87. The van der Waals surface area contributed by atoms with Crippen molar-refractivity contribution < 1.29 is 14.3 Å². The van der Waals surface area contributed by atoms with Crippen LogP contribution in [0.5, 0.6) is 5.75 Å². The Kier molecular flexibility index (Phi) is 7.48. The third-order valence-corrected chi connectivity index (χ3v) is 7.85. The Balaban J connectivity index is 1.92. The van der Waals surface area contributed by atoms with Crippen LogP contribution in [0.4, 0.5) is 0 Å². The molecule has 3 aromatic carbocycles. The molecule has 0 aliphatic heterocycles. The second kappa shape index (κ2) is 10.2. The van der Waals surface area contributed by atoms with E-state index in [9.17, 15) is 9.79 Å². The molecule has 34 heavy (non-hydrogen) atoms. The Bertz CT molecular complexity index is 1100. The number of hydrogen-bond donors (Lipinski definition) is 2. The third-order valence-electron chi connectivity index (χ3n) is 7.49.